The molecule has 1 N–H and O–H groups in total. The van der Waals surface area contributed by atoms with Gasteiger partial charge in [0.1, 0.15) is 6.04 Å². The van der Waals surface area contributed by atoms with Crippen molar-refractivity contribution in [3.63, 3.8) is 0 Å². The zero-order chi connectivity index (χ0) is 26.3. The van der Waals surface area contributed by atoms with Gasteiger partial charge in [-0.3, -0.25) is 14.4 Å². The number of esters is 1. The van der Waals surface area contributed by atoms with Crippen molar-refractivity contribution in [2.24, 2.45) is 17.3 Å². The molecule has 0 aromatic carbocycles. The number of thioether (sulfide) groups is 1. The zero-order valence-corrected chi connectivity index (χ0v) is 23.3. The first-order valence-corrected chi connectivity index (χ1v) is 13.9. The summed E-state index contributed by atoms with van der Waals surface area (Å²) in [5.74, 6) is -1.79. The van der Waals surface area contributed by atoms with Crippen molar-refractivity contribution in [2.45, 2.75) is 102 Å². The molecule has 0 radical (unpaired) electrons. The van der Waals surface area contributed by atoms with E-state index in [0.717, 1.165) is 12.8 Å². The first kappa shape index (κ1) is 28.0. The van der Waals surface area contributed by atoms with Crippen LogP contribution in [0.4, 0.5) is 0 Å². The second kappa shape index (κ2) is 10.1. The number of amides is 2. The molecule has 2 bridgehead atoms. The summed E-state index contributed by atoms with van der Waals surface area (Å²) in [5, 5.41) is 10.2. The molecule has 0 aromatic rings. The van der Waals surface area contributed by atoms with E-state index in [0.29, 0.717) is 19.4 Å². The van der Waals surface area contributed by atoms with Crippen LogP contribution in [-0.4, -0.2) is 80.1 Å². The highest BCUT2D eigenvalue weighted by atomic mass is 32.2. The molecule has 3 rings (SSSR count). The van der Waals surface area contributed by atoms with E-state index in [-0.39, 0.29) is 41.7 Å². The molecule has 1 spiro atoms. The van der Waals surface area contributed by atoms with Gasteiger partial charge in [-0.25, -0.2) is 0 Å². The Kier molecular flexibility index (Phi) is 8.07. The van der Waals surface area contributed by atoms with Crippen LogP contribution in [-0.2, 0) is 19.1 Å². The van der Waals surface area contributed by atoms with Crippen molar-refractivity contribution in [2.75, 3.05) is 19.8 Å². The summed E-state index contributed by atoms with van der Waals surface area (Å²) in [6.07, 6.45) is 4.51. The average molecular weight is 509 g/mol. The highest BCUT2D eigenvalue weighted by Crippen LogP contribution is 2.67. The summed E-state index contributed by atoms with van der Waals surface area (Å²) < 4.78 is 4.71. The fraction of sp³-hybridized carbons (Fsp3) is 0.815. The second-order valence-corrected chi connectivity index (χ2v) is 13.7. The number of aliphatic hydroxyl groups is 1. The highest BCUT2D eigenvalue weighted by molar-refractivity contribution is 8.02. The van der Waals surface area contributed by atoms with Gasteiger partial charge in [0.05, 0.1) is 35.8 Å². The van der Waals surface area contributed by atoms with Crippen LogP contribution >= 0.6 is 11.8 Å². The lowest BCUT2D eigenvalue weighted by Gasteiger charge is -2.46. The average Bonchev–Trinajstić information content (AvgIpc) is 3.39. The van der Waals surface area contributed by atoms with Gasteiger partial charge in [0, 0.05) is 17.3 Å². The normalized spacial score (nSPS) is 30.9. The number of rotatable bonds is 10. The first-order valence-electron chi connectivity index (χ1n) is 13.0. The molecule has 3 saturated heterocycles. The molecule has 35 heavy (non-hydrogen) atoms. The largest absolute Gasteiger partial charge is 0.466 e. The van der Waals surface area contributed by atoms with Crippen molar-refractivity contribution < 1.29 is 24.2 Å². The van der Waals surface area contributed by atoms with Crippen LogP contribution in [0.5, 0.6) is 0 Å². The number of nitrogens with zero attached hydrogens (tertiary/aromatic N) is 2. The molecule has 0 saturated carbocycles. The van der Waals surface area contributed by atoms with Gasteiger partial charge in [-0.15, -0.1) is 18.3 Å². The molecular weight excluding hydrogens is 464 g/mol. The first-order chi connectivity index (χ1) is 16.3. The maximum Gasteiger partial charge on any atom is 0.310 e. The third kappa shape index (κ3) is 4.77. The van der Waals surface area contributed by atoms with Crippen molar-refractivity contribution in [3.05, 3.63) is 12.7 Å². The Labute approximate surface area is 215 Å². The van der Waals surface area contributed by atoms with Crippen LogP contribution in [0, 0.1) is 17.3 Å². The molecular formula is C27H44N2O5S. The highest BCUT2D eigenvalue weighted by Gasteiger charge is 2.75. The molecule has 2 unspecified atom stereocenters. The van der Waals surface area contributed by atoms with E-state index in [9.17, 15) is 19.5 Å². The van der Waals surface area contributed by atoms with Gasteiger partial charge < -0.3 is 19.6 Å². The summed E-state index contributed by atoms with van der Waals surface area (Å²) in [6, 6.07) is -1.21. The predicted octanol–water partition coefficient (Wildman–Crippen LogP) is 3.64. The van der Waals surface area contributed by atoms with Gasteiger partial charge in [-0.05, 0) is 51.9 Å². The standard InChI is InChI=1S/C27H44N2O5S/c1-9-14-28(26(7,8)16-25(4,5)6)23(32)21-27-13-12-18(35-27)19(24(33)34-11-3)20(27)22(31)29(21)17(10-2)15-30/h9,17-21,30H,1,10-16H2,2-8H3/t17-,18+,19-,20-,21?,27?/m0/s1. The third-order valence-corrected chi connectivity index (χ3v) is 9.83. The van der Waals surface area contributed by atoms with Crippen LogP contribution in [0.1, 0.15) is 74.1 Å². The van der Waals surface area contributed by atoms with E-state index in [1.54, 1.807) is 29.7 Å². The van der Waals surface area contributed by atoms with Gasteiger partial charge in [0.25, 0.3) is 0 Å². The molecule has 3 aliphatic rings. The van der Waals surface area contributed by atoms with E-state index < -0.39 is 34.2 Å². The van der Waals surface area contributed by atoms with Crippen LogP contribution in [0.3, 0.4) is 0 Å². The number of hydrogen-bond donors (Lipinski definition) is 1. The minimum absolute atomic E-state index is 0.0121. The van der Waals surface area contributed by atoms with Crippen LogP contribution < -0.4 is 0 Å². The summed E-state index contributed by atoms with van der Waals surface area (Å²) in [6.45, 7) is 18.6. The third-order valence-electron chi connectivity index (χ3n) is 7.88. The van der Waals surface area contributed by atoms with Crippen LogP contribution in [0.15, 0.2) is 12.7 Å². The summed E-state index contributed by atoms with van der Waals surface area (Å²) in [7, 11) is 0. The van der Waals surface area contributed by atoms with Crippen molar-refractivity contribution in [3.8, 4) is 0 Å². The maximum absolute atomic E-state index is 14.6. The van der Waals surface area contributed by atoms with Crippen molar-refractivity contribution >= 4 is 29.5 Å². The number of carbonyl (C=O) groups is 3. The molecule has 3 aliphatic heterocycles. The van der Waals surface area contributed by atoms with Gasteiger partial charge in [-0.1, -0.05) is 33.8 Å². The smallest absolute Gasteiger partial charge is 0.310 e. The molecule has 0 aliphatic carbocycles. The molecule has 198 valence electrons. The monoisotopic (exact) mass is 508 g/mol. The zero-order valence-electron chi connectivity index (χ0n) is 22.5. The number of aliphatic hydroxyl groups excluding tert-OH is 1. The molecule has 3 fully saturated rings. The Balaban J connectivity index is 2.11. The lowest BCUT2D eigenvalue weighted by Crippen LogP contribution is -2.61. The Bertz CT molecular complexity index is 849. The van der Waals surface area contributed by atoms with Gasteiger partial charge >= 0.3 is 5.97 Å². The van der Waals surface area contributed by atoms with Crippen LogP contribution in [0.25, 0.3) is 0 Å². The van der Waals surface area contributed by atoms with E-state index in [1.807, 2.05) is 11.8 Å². The van der Waals surface area contributed by atoms with Gasteiger partial charge in [-0.2, -0.15) is 0 Å². The van der Waals surface area contributed by atoms with E-state index in [4.69, 9.17) is 4.74 Å². The topological polar surface area (TPSA) is 87.2 Å². The SMILES string of the molecule is C=CCN(C(=O)C1N([C@@H](CC)CO)C(=O)[C@@H]2[C@@H](C(=O)OCC)[C@H]3CCC12S3)C(C)(C)CC(C)(C)C. The molecule has 7 nitrogen and oxygen atoms in total. The number of likely N-dealkylation sites (tertiary alicyclic amines) is 1. The lowest BCUT2D eigenvalue weighted by atomic mass is 9.71. The van der Waals surface area contributed by atoms with Crippen molar-refractivity contribution in [1.29, 1.82) is 0 Å². The Morgan fingerprint density at radius 3 is 2.49 bits per heavy atom. The molecule has 0 aromatic heterocycles. The predicted molar refractivity (Wildman–Crippen MR) is 139 cm³/mol. The van der Waals surface area contributed by atoms with Gasteiger partial charge in [0.15, 0.2) is 0 Å². The Morgan fingerprint density at radius 1 is 1.31 bits per heavy atom. The summed E-state index contributed by atoms with van der Waals surface area (Å²) in [4.78, 5) is 45.1. The summed E-state index contributed by atoms with van der Waals surface area (Å²) >= 11 is 1.64. The van der Waals surface area contributed by atoms with E-state index in [2.05, 4.69) is 41.2 Å². The molecule has 2 amide bonds. The number of ether oxygens (including phenoxy) is 1. The Morgan fingerprint density at radius 2 is 1.97 bits per heavy atom. The number of fused-ring (bicyclic) bond motifs is 1. The Hall–Kier alpha value is -1.54. The fourth-order valence-electron chi connectivity index (χ4n) is 6.99. The number of hydrogen-bond acceptors (Lipinski definition) is 6. The number of carbonyl (C=O) groups excluding carboxylic acids is 3. The van der Waals surface area contributed by atoms with E-state index in [1.165, 1.54) is 0 Å². The van der Waals surface area contributed by atoms with E-state index >= 15 is 0 Å². The molecule has 8 heteroatoms. The maximum atomic E-state index is 14.6. The minimum Gasteiger partial charge on any atom is -0.466 e. The molecule has 6 atom stereocenters. The van der Waals surface area contributed by atoms with Gasteiger partial charge in [0.2, 0.25) is 11.8 Å². The van der Waals surface area contributed by atoms with Crippen molar-refractivity contribution in [1.82, 2.24) is 9.80 Å². The fourth-order valence-corrected chi connectivity index (χ4v) is 9.18. The second-order valence-electron chi connectivity index (χ2n) is 12.1. The molecule has 3 heterocycles. The quantitative estimate of drug-likeness (QED) is 0.358. The summed E-state index contributed by atoms with van der Waals surface area (Å²) in [5.41, 5.74) is -0.489. The lowest BCUT2D eigenvalue weighted by molar-refractivity contribution is -0.154. The minimum atomic E-state index is -0.731. The van der Waals surface area contributed by atoms with Crippen LogP contribution in [0.2, 0.25) is 0 Å².